The highest BCUT2D eigenvalue weighted by atomic mass is 32.1. The molecule has 0 spiro atoms. The summed E-state index contributed by atoms with van der Waals surface area (Å²) >= 11 is 1.62. The highest BCUT2D eigenvalue weighted by molar-refractivity contribution is 7.08. The number of thiophene rings is 1. The van der Waals surface area contributed by atoms with Crippen molar-refractivity contribution in [3.63, 3.8) is 0 Å². The molecule has 0 saturated heterocycles. The Morgan fingerprint density at radius 2 is 2.11 bits per heavy atom. The van der Waals surface area contributed by atoms with E-state index in [2.05, 4.69) is 5.32 Å². The van der Waals surface area contributed by atoms with E-state index in [0.29, 0.717) is 6.54 Å². The summed E-state index contributed by atoms with van der Waals surface area (Å²) < 4.78 is 4.86. The van der Waals surface area contributed by atoms with Gasteiger partial charge in [-0.05, 0) is 17.0 Å². The Bertz CT molecular complexity index is 482. The molecule has 2 aromatic rings. The molecule has 18 heavy (non-hydrogen) atoms. The van der Waals surface area contributed by atoms with E-state index in [-0.39, 0.29) is 11.9 Å². The Morgan fingerprint density at radius 3 is 2.72 bits per heavy atom. The molecular weight excluding hydrogens is 246 g/mol. The van der Waals surface area contributed by atoms with Crippen molar-refractivity contribution in [1.29, 1.82) is 0 Å². The molecule has 1 aromatic carbocycles. The number of ether oxygens (including phenoxy) is 1. The van der Waals surface area contributed by atoms with E-state index in [9.17, 15) is 4.79 Å². The van der Waals surface area contributed by atoms with Crippen LogP contribution in [-0.4, -0.2) is 19.6 Å². The highest BCUT2D eigenvalue weighted by Gasteiger charge is 2.20. The fraction of sp³-hybridized carbons (Fsp3) is 0.214. The van der Waals surface area contributed by atoms with Gasteiger partial charge in [0.05, 0.1) is 13.0 Å². The van der Waals surface area contributed by atoms with Crippen LogP contribution in [0.1, 0.15) is 11.5 Å². The predicted octanol–water partition coefficient (Wildman–Crippen LogP) is 3.12. The van der Waals surface area contributed by atoms with Crippen LogP contribution in [0.5, 0.6) is 0 Å². The van der Waals surface area contributed by atoms with E-state index in [4.69, 9.17) is 4.74 Å². The van der Waals surface area contributed by atoms with Crippen LogP contribution < -0.4 is 5.32 Å². The minimum absolute atomic E-state index is 0.219. The first-order valence-electron chi connectivity index (χ1n) is 5.70. The molecule has 2 rings (SSSR count). The lowest BCUT2D eigenvalue weighted by molar-refractivity contribution is -0.142. The summed E-state index contributed by atoms with van der Waals surface area (Å²) in [6.07, 6.45) is 0. The number of anilines is 1. The van der Waals surface area contributed by atoms with Crippen LogP contribution in [0.4, 0.5) is 5.69 Å². The van der Waals surface area contributed by atoms with Crippen molar-refractivity contribution in [2.24, 2.45) is 0 Å². The average Bonchev–Trinajstić information content (AvgIpc) is 2.93. The van der Waals surface area contributed by atoms with Gasteiger partial charge in [-0.15, -0.1) is 0 Å². The quantitative estimate of drug-likeness (QED) is 0.840. The number of hydrogen-bond donors (Lipinski definition) is 1. The lowest BCUT2D eigenvalue weighted by atomic mass is 9.99. The first kappa shape index (κ1) is 12.6. The smallest absolute Gasteiger partial charge is 0.314 e. The molecule has 1 N–H and O–H groups in total. The molecule has 0 saturated carbocycles. The Kier molecular flexibility index (Phi) is 4.36. The Labute approximate surface area is 110 Å². The zero-order valence-electron chi connectivity index (χ0n) is 10.1. The average molecular weight is 261 g/mol. The summed E-state index contributed by atoms with van der Waals surface area (Å²) in [7, 11) is 1.42. The van der Waals surface area contributed by atoms with Crippen molar-refractivity contribution in [2.75, 3.05) is 19.0 Å². The van der Waals surface area contributed by atoms with Crippen LogP contribution in [0.2, 0.25) is 0 Å². The molecule has 0 aliphatic carbocycles. The van der Waals surface area contributed by atoms with Gasteiger partial charge in [-0.1, -0.05) is 30.3 Å². The molecule has 0 amide bonds. The molecule has 4 heteroatoms. The Balaban J connectivity index is 2.09. The second-order valence-electron chi connectivity index (χ2n) is 3.88. The molecule has 0 aliphatic rings. The van der Waals surface area contributed by atoms with Gasteiger partial charge >= 0.3 is 5.97 Å². The van der Waals surface area contributed by atoms with Gasteiger partial charge in [0.1, 0.15) is 0 Å². The van der Waals surface area contributed by atoms with Crippen LogP contribution in [0, 0.1) is 0 Å². The van der Waals surface area contributed by atoms with Gasteiger partial charge in [-0.25, -0.2) is 0 Å². The largest absolute Gasteiger partial charge is 0.468 e. The molecule has 0 radical (unpaired) electrons. The van der Waals surface area contributed by atoms with Gasteiger partial charge in [-0.3, -0.25) is 4.79 Å². The number of hydrogen-bond acceptors (Lipinski definition) is 4. The molecule has 1 heterocycles. The monoisotopic (exact) mass is 261 g/mol. The first-order valence-corrected chi connectivity index (χ1v) is 6.64. The van der Waals surface area contributed by atoms with E-state index in [1.54, 1.807) is 11.3 Å². The zero-order chi connectivity index (χ0) is 12.8. The molecule has 1 unspecified atom stereocenters. The maximum absolute atomic E-state index is 11.8. The SMILES string of the molecule is COC(=O)C(CNc1ccsc1)c1ccccc1. The minimum Gasteiger partial charge on any atom is -0.468 e. The van der Waals surface area contributed by atoms with E-state index < -0.39 is 0 Å². The number of nitrogens with one attached hydrogen (secondary N) is 1. The molecule has 0 aliphatic heterocycles. The van der Waals surface area contributed by atoms with Crippen LogP contribution in [0.15, 0.2) is 47.2 Å². The number of carbonyl (C=O) groups excluding carboxylic acids is 1. The van der Waals surface area contributed by atoms with Gasteiger partial charge in [0.15, 0.2) is 0 Å². The van der Waals surface area contributed by atoms with Crippen molar-refractivity contribution in [3.8, 4) is 0 Å². The molecule has 3 nitrogen and oxygen atoms in total. The van der Waals surface area contributed by atoms with Gasteiger partial charge in [0, 0.05) is 17.6 Å². The molecular formula is C14H15NO2S. The minimum atomic E-state index is -0.281. The number of carbonyl (C=O) groups is 1. The first-order chi connectivity index (χ1) is 8.81. The third-order valence-corrected chi connectivity index (χ3v) is 3.40. The lowest BCUT2D eigenvalue weighted by Crippen LogP contribution is -2.22. The van der Waals surface area contributed by atoms with Gasteiger partial charge in [-0.2, -0.15) is 11.3 Å². The number of benzene rings is 1. The molecule has 0 bridgehead atoms. The van der Waals surface area contributed by atoms with Crippen molar-refractivity contribution in [1.82, 2.24) is 0 Å². The van der Waals surface area contributed by atoms with Crippen LogP contribution in [-0.2, 0) is 9.53 Å². The summed E-state index contributed by atoms with van der Waals surface area (Å²) in [4.78, 5) is 11.8. The fourth-order valence-electron chi connectivity index (χ4n) is 1.75. The maximum Gasteiger partial charge on any atom is 0.314 e. The van der Waals surface area contributed by atoms with E-state index >= 15 is 0 Å². The lowest BCUT2D eigenvalue weighted by Gasteiger charge is -2.15. The van der Waals surface area contributed by atoms with Crippen molar-refractivity contribution >= 4 is 23.0 Å². The predicted molar refractivity (Wildman–Crippen MR) is 74.0 cm³/mol. The molecule has 94 valence electrons. The van der Waals surface area contributed by atoms with E-state index in [0.717, 1.165) is 11.3 Å². The van der Waals surface area contributed by atoms with Crippen LogP contribution >= 0.6 is 11.3 Å². The molecule has 0 fully saturated rings. The molecule has 1 atom stereocenters. The standard InChI is InChI=1S/C14H15NO2S/c1-17-14(16)13(11-5-3-2-4-6-11)9-15-12-7-8-18-10-12/h2-8,10,13,15H,9H2,1H3. The number of esters is 1. The van der Waals surface area contributed by atoms with Crippen molar-refractivity contribution in [3.05, 3.63) is 52.7 Å². The summed E-state index contributed by atoms with van der Waals surface area (Å²) in [5.74, 6) is -0.500. The summed E-state index contributed by atoms with van der Waals surface area (Å²) in [6, 6.07) is 11.7. The van der Waals surface area contributed by atoms with E-state index in [1.807, 2.05) is 47.2 Å². The Morgan fingerprint density at radius 1 is 1.33 bits per heavy atom. The number of methoxy groups -OCH3 is 1. The second kappa shape index (κ2) is 6.21. The topological polar surface area (TPSA) is 38.3 Å². The van der Waals surface area contributed by atoms with Crippen LogP contribution in [0.3, 0.4) is 0 Å². The van der Waals surface area contributed by atoms with E-state index in [1.165, 1.54) is 7.11 Å². The molecule has 1 aromatic heterocycles. The maximum atomic E-state index is 11.8. The Hall–Kier alpha value is -1.81. The summed E-state index contributed by atoms with van der Waals surface area (Å²) in [6.45, 7) is 0.535. The van der Waals surface area contributed by atoms with Crippen LogP contribution in [0.25, 0.3) is 0 Å². The highest BCUT2D eigenvalue weighted by Crippen LogP contribution is 2.19. The van der Waals surface area contributed by atoms with Gasteiger partial charge in [0.2, 0.25) is 0 Å². The fourth-order valence-corrected chi connectivity index (χ4v) is 2.36. The number of rotatable bonds is 5. The van der Waals surface area contributed by atoms with Crippen molar-refractivity contribution < 1.29 is 9.53 Å². The normalized spacial score (nSPS) is 11.8. The van der Waals surface area contributed by atoms with Crippen molar-refractivity contribution in [2.45, 2.75) is 5.92 Å². The second-order valence-corrected chi connectivity index (χ2v) is 4.66. The van der Waals surface area contributed by atoms with Gasteiger partial charge in [0.25, 0.3) is 0 Å². The third-order valence-electron chi connectivity index (χ3n) is 2.72. The zero-order valence-corrected chi connectivity index (χ0v) is 10.9. The third kappa shape index (κ3) is 3.11. The summed E-state index contributed by atoms with van der Waals surface area (Å²) in [5.41, 5.74) is 2.00. The van der Waals surface area contributed by atoms with Gasteiger partial charge < -0.3 is 10.1 Å². The summed E-state index contributed by atoms with van der Waals surface area (Å²) in [5, 5.41) is 7.26.